The van der Waals surface area contributed by atoms with Gasteiger partial charge in [-0.1, -0.05) is 25.1 Å². The lowest BCUT2D eigenvalue weighted by molar-refractivity contribution is -0.135. The monoisotopic (exact) mass is 275 g/mol. The number of carbonyl (C=O) groups excluding carboxylic acids is 1. The van der Waals surface area contributed by atoms with Crippen molar-refractivity contribution < 1.29 is 14.6 Å². The molecule has 2 heterocycles. The first-order valence-corrected chi connectivity index (χ1v) is 7.35. The average Bonchev–Trinajstić information content (AvgIpc) is 2.86. The van der Waals surface area contributed by atoms with Crippen molar-refractivity contribution in [3.63, 3.8) is 0 Å². The molecule has 1 amide bonds. The van der Waals surface area contributed by atoms with Crippen molar-refractivity contribution in [2.24, 2.45) is 5.92 Å². The maximum atomic E-state index is 12.8. The predicted molar refractivity (Wildman–Crippen MR) is 75.7 cm³/mol. The molecule has 1 aromatic rings. The molecule has 4 heteroatoms. The Morgan fingerprint density at radius 1 is 1.40 bits per heavy atom. The Balaban J connectivity index is 1.85. The molecule has 1 fully saturated rings. The molecule has 3 unspecified atom stereocenters. The number of aliphatic hydroxyl groups excluding tert-OH is 1. The summed E-state index contributed by atoms with van der Waals surface area (Å²) in [7, 11) is 0. The molecule has 1 saturated heterocycles. The van der Waals surface area contributed by atoms with Gasteiger partial charge in [0.25, 0.3) is 0 Å². The molecule has 0 saturated carbocycles. The van der Waals surface area contributed by atoms with Crippen molar-refractivity contribution in [3.05, 3.63) is 29.8 Å². The Hall–Kier alpha value is -1.55. The number of ether oxygens (including phenoxy) is 1. The van der Waals surface area contributed by atoms with Crippen LogP contribution in [0.15, 0.2) is 24.3 Å². The fraction of sp³-hybridized carbons (Fsp3) is 0.562. The number of hydrogen-bond donors (Lipinski definition) is 1. The van der Waals surface area contributed by atoms with Crippen LogP contribution >= 0.6 is 0 Å². The van der Waals surface area contributed by atoms with Gasteiger partial charge in [-0.05, 0) is 24.8 Å². The van der Waals surface area contributed by atoms with Gasteiger partial charge in [-0.3, -0.25) is 4.79 Å². The summed E-state index contributed by atoms with van der Waals surface area (Å²) >= 11 is 0. The van der Waals surface area contributed by atoms with Gasteiger partial charge >= 0.3 is 0 Å². The van der Waals surface area contributed by atoms with E-state index in [0.717, 1.165) is 30.7 Å². The molecule has 2 aliphatic heterocycles. The molecule has 1 aromatic carbocycles. The van der Waals surface area contributed by atoms with E-state index in [1.54, 1.807) is 0 Å². The van der Waals surface area contributed by atoms with Crippen LogP contribution in [0.3, 0.4) is 0 Å². The number of rotatable bonds is 2. The standard InChI is InChI=1S/C16H21NO3/c1-11-6-8-17(14(11)10-18)16(19)13-7-9-20-15-5-3-2-4-12(13)15/h2-5,11,13-14,18H,6-10H2,1H3. The van der Waals surface area contributed by atoms with E-state index in [-0.39, 0.29) is 24.5 Å². The number of fused-ring (bicyclic) bond motifs is 1. The molecule has 2 aliphatic rings. The van der Waals surface area contributed by atoms with E-state index < -0.39 is 0 Å². The zero-order chi connectivity index (χ0) is 14.1. The maximum Gasteiger partial charge on any atom is 0.230 e. The average molecular weight is 275 g/mol. The smallest absolute Gasteiger partial charge is 0.230 e. The van der Waals surface area contributed by atoms with Crippen molar-refractivity contribution in [2.45, 2.75) is 31.7 Å². The summed E-state index contributed by atoms with van der Waals surface area (Å²) in [5.41, 5.74) is 0.986. The van der Waals surface area contributed by atoms with E-state index in [1.165, 1.54) is 0 Å². The Morgan fingerprint density at radius 2 is 2.20 bits per heavy atom. The highest BCUT2D eigenvalue weighted by Gasteiger charge is 2.38. The number of amides is 1. The first kappa shape index (κ1) is 13.4. The molecule has 0 radical (unpaired) electrons. The first-order chi connectivity index (χ1) is 9.72. The highest BCUT2D eigenvalue weighted by Crippen LogP contribution is 2.36. The predicted octanol–water partition coefficient (Wildman–Crippen LogP) is 1.78. The Labute approximate surface area is 119 Å². The normalized spacial score (nSPS) is 28.9. The zero-order valence-electron chi connectivity index (χ0n) is 11.8. The van der Waals surface area contributed by atoms with Gasteiger partial charge in [-0.15, -0.1) is 0 Å². The molecule has 108 valence electrons. The molecular weight excluding hydrogens is 254 g/mol. The SMILES string of the molecule is CC1CCN(C(=O)C2CCOc3ccccc32)C1CO. The summed E-state index contributed by atoms with van der Waals surface area (Å²) in [5.74, 6) is 1.22. The fourth-order valence-electron chi connectivity index (χ4n) is 3.36. The number of likely N-dealkylation sites (tertiary alicyclic amines) is 1. The fourth-order valence-corrected chi connectivity index (χ4v) is 3.36. The summed E-state index contributed by atoms with van der Waals surface area (Å²) in [6, 6.07) is 7.75. The molecule has 3 atom stereocenters. The second kappa shape index (κ2) is 5.44. The van der Waals surface area contributed by atoms with Crippen LogP contribution in [0, 0.1) is 5.92 Å². The lowest BCUT2D eigenvalue weighted by atomic mass is 9.91. The Kier molecular flexibility index (Phi) is 3.66. The van der Waals surface area contributed by atoms with Crippen LogP contribution in [0.2, 0.25) is 0 Å². The van der Waals surface area contributed by atoms with Gasteiger partial charge in [-0.2, -0.15) is 0 Å². The summed E-state index contributed by atoms with van der Waals surface area (Å²) in [6.45, 7) is 3.50. The zero-order valence-corrected chi connectivity index (χ0v) is 11.8. The Bertz CT molecular complexity index is 502. The number of hydrogen-bond acceptors (Lipinski definition) is 3. The van der Waals surface area contributed by atoms with Gasteiger partial charge in [-0.25, -0.2) is 0 Å². The quantitative estimate of drug-likeness (QED) is 0.895. The number of nitrogens with zero attached hydrogens (tertiary/aromatic N) is 1. The van der Waals surface area contributed by atoms with E-state index in [9.17, 15) is 9.90 Å². The van der Waals surface area contributed by atoms with Crippen molar-refractivity contribution in [3.8, 4) is 5.75 Å². The first-order valence-electron chi connectivity index (χ1n) is 7.35. The van der Waals surface area contributed by atoms with Gasteiger partial charge < -0.3 is 14.7 Å². The van der Waals surface area contributed by atoms with Crippen molar-refractivity contribution in [1.82, 2.24) is 4.90 Å². The molecule has 0 aliphatic carbocycles. The van der Waals surface area contributed by atoms with E-state index in [2.05, 4.69) is 6.92 Å². The van der Waals surface area contributed by atoms with Crippen molar-refractivity contribution in [2.75, 3.05) is 19.8 Å². The van der Waals surface area contributed by atoms with Crippen LogP contribution in [0.1, 0.15) is 31.2 Å². The Morgan fingerprint density at radius 3 is 3.00 bits per heavy atom. The molecule has 3 rings (SSSR count). The largest absolute Gasteiger partial charge is 0.493 e. The molecule has 20 heavy (non-hydrogen) atoms. The highest BCUT2D eigenvalue weighted by molar-refractivity contribution is 5.85. The molecule has 0 aromatic heterocycles. The number of para-hydroxylation sites is 1. The summed E-state index contributed by atoms with van der Waals surface area (Å²) in [6.07, 6.45) is 1.70. The third-order valence-electron chi connectivity index (χ3n) is 4.61. The topological polar surface area (TPSA) is 49.8 Å². The van der Waals surface area contributed by atoms with Gasteiger partial charge in [0.15, 0.2) is 0 Å². The molecular formula is C16H21NO3. The van der Waals surface area contributed by atoms with Crippen LogP contribution in [0.5, 0.6) is 5.75 Å². The number of carbonyl (C=O) groups is 1. The molecule has 0 bridgehead atoms. The van der Waals surface area contributed by atoms with Crippen molar-refractivity contribution in [1.29, 1.82) is 0 Å². The van der Waals surface area contributed by atoms with E-state index in [4.69, 9.17) is 4.74 Å². The van der Waals surface area contributed by atoms with Crippen LogP contribution in [-0.2, 0) is 4.79 Å². The van der Waals surface area contributed by atoms with Crippen LogP contribution < -0.4 is 4.74 Å². The molecule has 4 nitrogen and oxygen atoms in total. The maximum absolute atomic E-state index is 12.8. The second-order valence-corrected chi connectivity index (χ2v) is 5.78. The van der Waals surface area contributed by atoms with E-state index in [0.29, 0.717) is 12.5 Å². The summed E-state index contributed by atoms with van der Waals surface area (Å²) < 4.78 is 5.62. The van der Waals surface area contributed by atoms with Gasteiger partial charge in [0.1, 0.15) is 5.75 Å². The van der Waals surface area contributed by atoms with E-state index >= 15 is 0 Å². The highest BCUT2D eigenvalue weighted by atomic mass is 16.5. The van der Waals surface area contributed by atoms with E-state index in [1.807, 2.05) is 29.2 Å². The lowest BCUT2D eigenvalue weighted by Gasteiger charge is -2.32. The van der Waals surface area contributed by atoms with Crippen molar-refractivity contribution >= 4 is 5.91 Å². The molecule has 0 spiro atoms. The van der Waals surface area contributed by atoms with Gasteiger partial charge in [0, 0.05) is 12.1 Å². The third-order valence-corrected chi connectivity index (χ3v) is 4.61. The van der Waals surface area contributed by atoms with Crippen LogP contribution in [-0.4, -0.2) is 41.7 Å². The number of benzene rings is 1. The number of aliphatic hydroxyl groups is 1. The second-order valence-electron chi connectivity index (χ2n) is 5.78. The minimum Gasteiger partial charge on any atom is -0.493 e. The van der Waals surface area contributed by atoms with Crippen LogP contribution in [0.4, 0.5) is 0 Å². The molecule has 1 N–H and O–H groups in total. The summed E-state index contributed by atoms with van der Waals surface area (Å²) in [4.78, 5) is 14.7. The minimum atomic E-state index is -0.126. The van der Waals surface area contributed by atoms with Gasteiger partial charge in [0.2, 0.25) is 5.91 Å². The lowest BCUT2D eigenvalue weighted by Crippen LogP contribution is -2.43. The summed E-state index contributed by atoms with van der Waals surface area (Å²) in [5, 5.41) is 9.53. The van der Waals surface area contributed by atoms with Gasteiger partial charge in [0.05, 0.1) is 25.2 Å². The van der Waals surface area contributed by atoms with Crippen LogP contribution in [0.25, 0.3) is 0 Å². The minimum absolute atomic E-state index is 0.0301. The third kappa shape index (κ3) is 2.18.